The molecule has 1 aromatic heterocycles. The van der Waals surface area contributed by atoms with Crippen LogP contribution in [0.25, 0.3) is 11.5 Å². The molecule has 0 saturated carbocycles. The van der Waals surface area contributed by atoms with Gasteiger partial charge in [0.05, 0.1) is 0 Å². The number of para-hydroxylation sites is 1. The molecule has 0 radical (unpaired) electrons. The van der Waals surface area contributed by atoms with E-state index < -0.39 is 5.91 Å². The third-order valence-electron chi connectivity index (χ3n) is 4.66. The van der Waals surface area contributed by atoms with E-state index in [4.69, 9.17) is 16.6 Å². The molecule has 3 N–H and O–H groups in total. The number of oxazole rings is 1. The Labute approximate surface area is 201 Å². The smallest absolute Gasteiger partial charge is 0.292 e. The summed E-state index contributed by atoms with van der Waals surface area (Å²) in [5, 5.41) is 3.65. The minimum absolute atomic E-state index is 0.172. The normalized spacial score (nSPS) is 10.5. The van der Waals surface area contributed by atoms with Crippen molar-refractivity contribution in [2.24, 2.45) is 0 Å². The maximum atomic E-state index is 13.0. The average Bonchev–Trinajstić information content (AvgIpc) is 3.24. The van der Waals surface area contributed by atoms with Crippen molar-refractivity contribution in [2.45, 2.75) is 23.8 Å². The number of anilines is 1. The molecule has 1 heterocycles. The molecule has 0 saturated heterocycles. The highest BCUT2D eigenvalue weighted by atomic mass is 32.2. The van der Waals surface area contributed by atoms with E-state index in [0.717, 1.165) is 27.3 Å². The van der Waals surface area contributed by atoms with Gasteiger partial charge in [-0.25, -0.2) is 4.98 Å². The fourth-order valence-electron chi connectivity index (χ4n) is 2.91. The molecule has 4 rings (SSSR count). The number of thiocarbonyl (C=S) groups is 1. The summed E-state index contributed by atoms with van der Waals surface area (Å²) in [5.74, 6) is -0.0799. The zero-order valence-corrected chi connectivity index (χ0v) is 19.7. The van der Waals surface area contributed by atoms with Crippen LogP contribution in [0.2, 0.25) is 0 Å². The number of aromatic nitrogens is 1. The van der Waals surface area contributed by atoms with Gasteiger partial charge in [-0.2, -0.15) is 0 Å². The van der Waals surface area contributed by atoms with E-state index in [0.29, 0.717) is 11.0 Å². The number of nitrogens with one attached hydrogen (secondary N) is 3. The number of hydrazine groups is 1. The van der Waals surface area contributed by atoms with Crippen molar-refractivity contribution >= 4 is 40.7 Å². The van der Waals surface area contributed by atoms with Crippen LogP contribution < -0.4 is 16.2 Å². The molecule has 0 spiro atoms. The van der Waals surface area contributed by atoms with Gasteiger partial charge in [-0.15, -0.1) is 0 Å². The lowest BCUT2D eigenvalue weighted by Gasteiger charge is -2.11. The molecule has 0 unspecified atom stereocenters. The minimum Gasteiger partial charge on any atom is -0.429 e. The van der Waals surface area contributed by atoms with Crippen molar-refractivity contribution < 1.29 is 9.21 Å². The number of rotatable bonds is 5. The molecule has 0 aliphatic carbocycles. The summed E-state index contributed by atoms with van der Waals surface area (Å²) < 4.78 is 6.01. The zero-order valence-electron chi connectivity index (χ0n) is 18.1. The Hall–Kier alpha value is -3.62. The van der Waals surface area contributed by atoms with Gasteiger partial charge in [0, 0.05) is 16.1 Å². The maximum Gasteiger partial charge on any atom is 0.292 e. The van der Waals surface area contributed by atoms with Gasteiger partial charge in [0.1, 0.15) is 0 Å². The van der Waals surface area contributed by atoms with Crippen LogP contribution in [0.15, 0.2) is 93.3 Å². The molecule has 6 nitrogen and oxygen atoms in total. The summed E-state index contributed by atoms with van der Waals surface area (Å²) in [7, 11) is 0. The van der Waals surface area contributed by atoms with Crippen LogP contribution in [0.1, 0.15) is 21.6 Å². The standard InChI is InChI=1S/C25H22N4O2S2/c1-16-8-12-18(13-9-16)23-27-21(24(31-23)33-20-14-10-17(2)11-15-20)22(30)28-29-25(32)26-19-6-4-3-5-7-19/h3-15H,1-2H3,(H,28,30)(H2,26,29,32). The summed E-state index contributed by atoms with van der Waals surface area (Å²) in [4.78, 5) is 18.4. The van der Waals surface area contributed by atoms with Crippen LogP contribution in [0.3, 0.4) is 0 Å². The highest BCUT2D eigenvalue weighted by Gasteiger charge is 2.22. The van der Waals surface area contributed by atoms with Crippen molar-refractivity contribution in [3.05, 3.63) is 95.7 Å². The van der Waals surface area contributed by atoms with Gasteiger partial charge in [-0.05, 0) is 74.2 Å². The monoisotopic (exact) mass is 474 g/mol. The molecule has 0 bridgehead atoms. The molecule has 4 aromatic rings. The number of nitrogens with zero attached hydrogens (tertiary/aromatic N) is 1. The zero-order chi connectivity index (χ0) is 23.2. The molecule has 0 atom stereocenters. The van der Waals surface area contributed by atoms with Gasteiger partial charge >= 0.3 is 0 Å². The van der Waals surface area contributed by atoms with Crippen LogP contribution >= 0.6 is 24.0 Å². The Kier molecular flexibility index (Phi) is 7.07. The predicted molar refractivity (Wildman–Crippen MR) is 135 cm³/mol. The molecule has 1 amide bonds. The first-order valence-electron chi connectivity index (χ1n) is 10.2. The summed E-state index contributed by atoms with van der Waals surface area (Å²) in [6.45, 7) is 4.03. The number of hydrogen-bond acceptors (Lipinski definition) is 5. The first-order valence-corrected chi connectivity index (χ1v) is 11.5. The second kappa shape index (κ2) is 10.3. The van der Waals surface area contributed by atoms with E-state index in [1.807, 2.05) is 92.7 Å². The van der Waals surface area contributed by atoms with Crippen LogP contribution in [-0.4, -0.2) is 16.0 Å². The van der Waals surface area contributed by atoms with E-state index in [1.165, 1.54) is 11.8 Å². The highest BCUT2D eigenvalue weighted by molar-refractivity contribution is 7.99. The van der Waals surface area contributed by atoms with Crippen LogP contribution in [-0.2, 0) is 0 Å². The SMILES string of the molecule is Cc1ccc(Sc2oc(-c3ccc(C)cc3)nc2C(=O)NNC(=S)Nc2ccccc2)cc1. The molecule has 33 heavy (non-hydrogen) atoms. The van der Waals surface area contributed by atoms with Crippen molar-refractivity contribution in [3.63, 3.8) is 0 Å². The van der Waals surface area contributed by atoms with Crippen molar-refractivity contribution in [2.75, 3.05) is 5.32 Å². The minimum atomic E-state index is -0.455. The molecule has 0 fully saturated rings. The van der Waals surface area contributed by atoms with Crippen LogP contribution in [0.5, 0.6) is 0 Å². The van der Waals surface area contributed by atoms with Gasteiger partial charge in [0.2, 0.25) is 5.89 Å². The van der Waals surface area contributed by atoms with E-state index in [-0.39, 0.29) is 10.8 Å². The second-order valence-electron chi connectivity index (χ2n) is 7.34. The van der Waals surface area contributed by atoms with Crippen molar-refractivity contribution in [1.82, 2.24) is 15.8 Å². The third-order valence-corrected chi connectivity index (χ3v) is 5.84. The fourth-order valence-corrected chi connectivity index (χ4v) is 3.92. The van der Waals surface area contributed by atoms with Gasteiger partial charge in [-0.3, -0.25) is 15.6 Å². The topological polar surface area (TPSA) is 79.2 Å². The first kappa shape index (κ1) is 22.6. The summed E-state index contributed by atoms with van der Waals surface area (Å²) >= 11 is 6.60. The summed E-state index contributed by atoms with van der Waals surface area (Å²) in [6.07, 6.45) is 0. The molecule has 8 heteroatoms. The summed E-state index contributed by atoms with van der Waals surface area (Å²) in [5.41, 5.74) is 9.36. The molecule has 166 valence electrons. The predicted octanol–water partition coefficient (Wildman–Crippen LogP) is 5.74. The van der Waals surface area contributed by atoms with Crippen molar-refractivity contribution in [1.29, 1.82) is 0 Å². The lowest BCUT2D eigenvalue weighted by Crippen LogP contribution is -2.44. The van der Waals surface area contributed by atoms with E-state index in [2.05, 4.69) is 21.2 Å². The van der Waals surface area contributed by atoms with Gasteiger partial charge in [0.25, 0.3) is 5.91 Å². The van der Waals surface area contributed by atoms with Crippen molar-refractivity contribution in [3.8, 4) is 11.5 Å². The molecular weight excluding hydrogens is 452 g/mol. The lowest BCUT2D eigenvalue weighted by atomic mass is 10.1. The Balaban J connectivity index is 1.53. The Morgan fingerprint density at radius 3 is 2.18 bits per heavy atom. The Bertz CT molecular complexity index is 1250. The van der Waals surface area contributed by atoms with Gasteiger partial charge < -0.3 is 9.73 Å². The Morgan fingerprint density at radius 2 is 1.52 bits per heavy atom. The Morgan fingerprint density at radius 1 is 0.879 bits per heavy atom. The third kappa shape index (κ3) is 6.00. The maximum absolute atomic E-state index is 13.0. The van der Waals surface area contributed by atoms with E-state index >= 15 is 0 Å². The number of carbonyl (C=O) groups is 1. The highest BCUT2D eigenvalue weighted by Crippen LogP contribution is 2.34. The first-order chi connectivity index (χ1) is 16.0. The number of aryl methyl sites for hydroxylation is 2. The summed E-state index contributed by atoms with van der Waals surface area (Å²) in [6, 6.07) is 25.2. The fraction of sp³-hybridized carbons (Fsp3) is 0.0800. The van der Waals surface area contributed by atoms with Crippen LogP contribution in [0.4, 0.5) is 5.69 Å². The molecule has 3 aromatic carbocycles. The molecule has 0 aliphatic heterocycles. The lowest BCUT2D eigenvalue weighted by molar-refractivity contribution is 0.0934. The van der Waals surface area contributed by atoms with Gasteiger partial charge in [-0.1, -0.05) is 53.6 Å². The second-order valence-corrected chi connectivity index (χ2v) is 8.79. The quantitative estimate of drug-likeness (QED) is 0.251. The van der Waals surface area contributed by atoms with Crippen LogP contribution in [0, 0.1) is 13.8 Å². The number of amides is 1. The molecule has 0 aliphatic rings. The van der Waals surface area contributed by atoms with E-state index in [9.17, 15) is 4.79 Å². The number of hydrogen-bond donors (Lipinski definition) is 3. The number of benzene rings is 3. The molecular formula is C25H22N4O2S2. The van der Waals surface area contributed by atoms with E-state index in [1.54, 1.807) is 0 Å². The largest absolute Gasteiger partial charge is 0.429 e. The average molecular weight is 475 g/mol. The van der Waals surface area contributed by atoms with Gasteiger partial charge in [0.15, 0.2) is 15.9 Å². The number of carbonyl (C=O) groups excluding carboxylic acids is 1.